The Morgan fingerprint density at radius 1 is 0.909 bits per heavy atom. The highest BCUT2D eigenvalue weighted by molar-refractivity contribution is 5.20. The molecule has 0 heterocycles. The van der Waals surface area contributed by atoms with Gasteiger partial charge in [0.1, 0.15) is 0 Å². The maximum atomic E-state index is 11.6. The Balaban J connectivity index is 1.65. The van der Waals surface area contributed by atoms with E-state index in [0.29, 0.717) is 18.3 Å². The molecule has 4 N–H and O–H groups in total. The van der Waals surface area contributed by atoms with Crippen molar-refractivity contribution in [3.63, 3.8) is 0 Å². The molecule has 0 amide bonds. The van der Waals surface area contributed by atoms with Gasteiger partial charge in [-0.3, -0.25) is 0 Å². The van der Waals surface area contributed by atoms with E-state index in [1.54, 1.807) is 0 Å². The van der Waals surface area contributed by atoms with Crippen LogP contribution in [0.1, 0.15) is 99.8 Å². The van der Waals surface area contributed by atoms with E-state index in [2.05, 4.69) is 54.5 Å². The molecule has 4 rings (SSSR count). The van der Waals surface area contributed by atoms with Crippen molar-refractivity contribution < 1.29 is 20.4 Å². The number of rotatable bonds is 4. The highest BCUT2D eigenvalue weighted by Crippen LogP contribution is 2.75. The van der Waals surface area contributed by atoms with Gasteiger partial charge in [0.15, 0.2) is 0 Å². The van der Waals surface area contributed by atoms with Crippen molar-refractivity contribution in [3.05, 3.63) is 11.6 Å². The fourth-order valence-electron chi connectivity index (χ4n) is 10.1. The first kappa shape index (κ1) is 25.7. The zero-order valence-electron chi connectivity index (χ0n) is 22.1. The van der Waals surface area contributed by atoms with E-state index in [1.165, 1.54) is 5.57 Å². The molecule has 0 saturated heterocycles. The van der Waals surface area contributed by atoms with Crippen LogP contribution in [0.3, 0.4) is 0 Å². The van der Waals surface area contributed by atoms with E-state index in [4.69, 9.17) is 0 Å². The minimum atomic E-state index is -0.709. The van der Waals surface area contributed by atoms with Crippen LogP contribution in [-0.4, -0.2) is 44.8 Å². The van der Waals surface area contributed by atoms with Crippen LogP contribution in [0.4, 0.5) is 0 Å². The molecule has 0 aromatic heterocycles. The van der Waals surface area contributed by atoms with Crippen molar-refractivity contribution in [3.8, 4) is 0 Å². The van der Waals surface area contributed by atoms with Crippen molar-refractivity contribution in [2.45, 2.75) is 124 Å². The van der Waals surface area contributed by atoms with Crippen LogP contribution in [0, 0.1) is 45.3 Å². The Hall–Kier alpha value is -0.420. The third-order valence-corrected chi connectivity index (χ3v) is 11.9. The lowest BCUT2D eigenvalue weighted by Crippen LogP contribution is -2.68. The molecule has 4 aliphatic carbocycles. The molecule has 4 fully saturated rings. The smallest absolute Gasteiger partial charge is 0.0852 e. The van der Waals surface area contributed by atoms with Crippen LogP contribution in [0.5, 0.6) is 0 Å². The number of hydrogen-bond donors (Lipinski definition) is 4. The summed E-state index contributed by atoms with van der Waals surface area (Å²) in [5.41, 5.74) is 0.893. The Labute approximate surface area is 201 Å². The number of aliphatic hydroxyl groups excluding tert-OH is 4. The number of fused-ring (bicyclic) bond motifs is 5. The monoisotopic (exact) mass is 462 g/mol. The summed E-state index contributed by atoms with van der Waals surface area (Å²) < 4.78 is 0. The standard InChI is InChI=1S/C29H50O4/c1-17(2)9-8-10-19(30)18-11-13-29(7)24(18)20(31)15-23-27(5)16-21(32)25(33)26(3,4)22(27)12-14-28(23,29)6/h9,18-25,30-33H,8,10-16H2,1-7H3/t18-,19+,20-,21-,22?,23?,24?,25+,27+,28-,29-/m1/s1. The van der Waals surface area contributed by atoms with Crippen molar-refractivity contribution in [2.24, 2.45) is 45.3 Å². The van der Waals surface area contributed by atoms with Gasteiger partial charge in [-0.2, -0.15) is 0 Å². The highest BCUT2D eigenvalue weighted by Gasteiger charge is 2.71. The van der Waals surface area contributed by atoms with Gasteiger partial charge in [0.2, 0.25) is 0 Å². The third kappa shape index (κ3) is 3.60. The largest absolute Gasteiger partial charge is 0.393 e. The van der Waals surface area contributed by atoms with E-state index in [9.17, 15) is 20.4 Å². The van der Waals surface area contributed by atoms with Gasteiger partial charge < -0.3 is 20.4 Å². The van der Waals surface area contributed by atoms with Gasteiger partial charge in [-0.15, -0.1) is 0 Å². The van der Waals surface area contributed by atoms with Gasteiger partial charge in [-0.25, -0.2) is 0 Å². The number of hydrogen-bond acceptors (Lipinski definition) is 4. The predicted octanol–water partition coefficient (Wildman–Crippen LogP) is 5.08. The van der Waals surface area contributed by atoms with Crippen LogP contribution in [0.25, 0.3) is 0 Å². The molecular weight excluding hydrogens is 412 g/mol. The first-order valence-electron chi connectivity index (χ1n) is 13.6. The molecule has 0 bridgehead atoms. The Morgan fingerprint density at radius 2 is 1.55 bits per heavy atom. The molecule has 0 radical (unpaired) electrons. The molecule has 0 aliphatic heterocycles. The minimum absolute atomic E-state index is 0.0172. The van der Waals surface area contributed by atoms with Crippen LogP contribution in [-0.2, 0) is 0 Å². The quantitative estimate of drug-likeness (QED) is 0.439. The summed E-state index contributed by atoms with van der Waals surface area (Å²) in [5.74, 6) is 0.936. The molecule has 11 atom stereocenters. The second-order valence-electron chi connectivity index (χ2n) is 14.0. The molecule has 4 aliphatic rings. The average Bonchev–Trinajstić information content (AvgIpc) is 3.08. The fraction of sp³-hybridized carbons (Fsp3) is 0.931. The summed E-state index contributed by atoms with van der Waals surface area (Å²) in [5, 5.41) is 44.6. The maximum absolute atomic E-state index is 11.6. The van der Waals surface area contributed by atoms with Crippen molar-refractivity contribution in [1.29, 1.82) is 0 Å². The minimum Gasteiger partial charge on any atom is -0.393 e. The Bertz CT molecular complexity index is 772. The average molecular weight is 463 g/mol. The van der Waals surface area contributed by atoms with E-state index in [0.717, 1.165) is 44.9 Å². The first-order valence-corrected chi connectivity index (χ1v) is 13.6. The summed E-state index contributed by atoms with van der Waals surface area (Å²) in [4.78, 5) is 0. The van der Waals surface area contributed by atoms with E-state index in [-0.39, 0.29) is 39.6 Å². The molecule has 4 nitrogen and oxygen atoms in total. The van der Waals surface area contributed by atoms with Gasteiger partial charge in [0.25, 0.3) is 0 Å². The highest BCUT2D eigenvalue weighted by atomic mass is 16.3. The lowest BCUT2D eigenvalue weighted by molar-refractivity contribution is -0.261. The Morgan fingerprint density at radius 3 is 2.18 bits per heavy atom. The normalized spacial score (nSPS) is 51.8. The molecule has 190 valence electrons. The SMILES string of the molecule is CC(C)=CCC[C@H](O)[C@H]1CC[C@]2(C)C1[C@H](O)CC1[C@@]3(C)C[C@@H](O)[C@H](O)C(C)(C)C3CC[C@]12C. The molecule has 0 aromatic carbocycles. The van der Waals surface area contributed by atoms with Gasteiger partial charge >= 0.3 is 0 Å². The van der Waals surface area contributed by atoms with Crippen LogP contribution in [0.15, 0.2) is 11.6 Å². The summed E-state index contributed by atoms with van der Waals surface area (Å²) in [7, 11) is 0. The first-order chi connectivity index (χ1) is 15.2. The van der Waals surface area contributed by atoms with Crippen LogP contribution < -0.4 is 0 Å². The summed E-state index contributed by atoms with van der Waals surface area (Å²) in [6.07, 6.45) is 7.27. The lowest BCUT2D eigenvalue weighted by atomic mass is 9.35. The molecule has 4 heteroatoms. The topological polar surface area (TPSA) is 80.9 Å². The number of aliphatic hydroxyl groups is 4. The van der Waals surface area contributed by atoms with E-state index < -0.39 is 18.3 Å². The fourth-order valence-corrected chi connectivity index (χ4v) is 10.1. The lowest BCUT2D eigenvalue weighted by Gasteiger charge is -2.70. The molecular formula is C29H50O4. The zero-order chi connectivity index (χ0) is 24.6. The maximum Gasteiger partial charge on any atom is 0.0852 e. The van der Waals surface area contributed by atoms with Crippen LogP contribution in [0.2, 0.25) is 0 Å². The Kier molecular flexibility index (Phi) is 6.47. The predicted molar refractivity (Wildman–Crippen MR) is 132 cm³/mol. The molecule has 0 spiro atoms. The zero-order valence-corrected chi connectivity index (χ0v) is 22.1. The van der Waals surface area contributed by atoms with Crippen molar-refractivity contribution >= 4 is 0 Å². The van der Waals surface area contributed by atoms with Gasteiger partial charge in [0, 0.05) is 0 Å². The van der Waals surface area contributed by atoms with Gasteiger partial charge in [-0.1, -0.05) is 46.3 Å². The van der Waals surface area contributed by atoms with Crippen molar-refractivity contribution in [2.75, 3.05) is 0 Å². The van der Waals surface area contributed by atoms with Crippen LogP contribution >= 0.6 is 0 Å². The van der Waals surface area contributed by atoms with Gasteiger partial charge in [0.05, 0.1) is 24.4 Å². The molecule has 0 aromatic rings. The number of allylic oxidation sites excluding steroid dienone is 2. The molecule has 4 saturated carbocycles. The molecule has 3 unspecified atom stereocenters. The summed E-state index contributed by atoms with van der Waals surface area (Å²) >= 11 is 0. The summed E-state index contributed by atoms with van der Waals surface area (Å²) in [6.45, 7) is 15.7. The second-order valence-corrected chi connectivity index (χ2v) is 14.0. The summed E-state index contributed by atoms with van der Waals surface area (Å²) in [6, 6.07) is 0. The molecule has 33 heavy (non-hydrogen) atoms. The van der Waals surface area contributed by atoms with Gasteiger partial charge in [-0.05, 0) is 111 Å². The van der Waals surface area contributed by atoms with E-state index >= 15 is 0 Å². The second kappa shape index (κ2) is 8.32. The van der Waals surface area contributed by atoms with E-state index in [1.807, 2.05) is 0 Å². The van der Waals surface area contributed by atoms with Crippen molar-refractivity contribution in [1.82, 2.24) is 0 Å². The third-order valence-electron chi connectivity index (χ3n) is 11.9.